The summed E-state index contributed by atoms with van der Waals surface area (Å²) in [5, 5.41) is 3.62. The maximum Gasteiger partial charge on any atom is 0.0632 e. The lowest BCUT2D eigenvalue weighted by Crippen LogP contribution is -2.20. The molecule has 1 heteroatoms. The van der Waals surface area contributed by atoms with Crippen LogP contribution in [0, 0.1) is 0 Å². The van der Waals surface area contributed by atoms with Crippen LogP contribution in [0.15, 0.2) is 109 Å². The van der Waals surface area contributed by atoms with Crippen molar-refractivity contribution in [2.45, 2.75) is 32.2 Å². The number of fused-ring (bicyclic) bond motifs is 1. The molecule has 3 aromatic carbocycles. The highest BCUT2D eigenvalue weighted by molar-refractivity contribution is 5.89. The molecule has 0 fully saturated rings. The second-order valence-corrected chi connectivity index (χ2v) is 8.30. The number of nitrogens with one attached hydrogen (secondary N) is 1. The molecule has 30 heavy (non-hydrogen) atoms. The quantitative estimate of drug-likeness (QED) is 0.441. The number of hydrogen-bond donors (Lipinski definition) is 1. The number of allylic oxidation sites excluding steroid dienone is 3. The molecule has 0 aliphatic heterocycles. The third-order valence-corrected chi connectivity index (χ3v) is 6.07. The van der Waals surface area contributed by atoms with Crippen LogP contribution in [0.25, 0.3) is 16.7 Å². The van der Waals surface area contributed by atoms with Gasteiger partial charge in [-0.05, 0) is 52.5 Å². The molecular weight excluding hydrogens is 362 g/mol. The predicted octanol–water partition coefficient (Wildman–Crippen LogP) is 7.64. The van der Waals surface area contributed by atoms with E-state index in [1.807, 2.05) is 12.1 Å². The highest BCUT2D eigenvalue weighted by Gasteiger charge is 2.37. The van der Waals surface area contributed by atoms with Crippen LogP contribution in [0.2, 0.25) is 0 Å². The first-order valence-electron chi connectivity index (χ1n) is 10.6. The van der Waals surface area contributed by atoms with Gasteiger partial charge in [0.2, 0.25) is 0 Å². The monoisotopic (exact) mass is 391 g/mol. The minimum atomic E-state index is -0.0292. The summed E-state index contributed by atoms with van der Waals surface area (Å²) in [6.45, 7) is 10.8. The Balaban J connectivity index is 1.61. The van der Waals surface area contributed by atoms with E-state index in [4.69, 9.17) is 0 Å². The van der Waals surface area contributed by atoms with E-state index < -0.39 is 0 Å². The second kappa shape index (κ2) is 8.20. The van der Waals surface area contributed by atoms with Gasteiger partial charge in [0.25, 0.3) is 0 Å². The fraction of sp³-hybridized carbons (Fsp3) is 0.172. The van der Waals surface area contributed by atoms with Gasteiger partial charge in [0.05, 0.1) is 6.04 Å². The summed E-state index contributed by atoms with van der Waals surface area (Å²) in [5.74, 6) is 0. The molecule has 4 rings (SSSR count). The minimum absolute atomic E-state index is 0.0292. The molecule has 1 atom stereocenters. The molecule has 0 bridgehead atoms. The molecular formula is C29H29N. The van der Waals surface area contributed by atoms with Crippen LogP contribution in [0.4, 0.5) is 5.69 Å². The smallest absolute Gasteiger partial charge is 0.0632 e. The van der Waals surface area contributed by atoms with Crippen LogP contribution in [-0.4, -0.2) is 6.04 Å². The Kier molecular flexibility index (Phi) is 5.46. The van der Waals surface area contributed by atoms with Gasteiger partial charge in [0.1, 0.15) is 0 Å². The van der Waals surface area contributed by atoms with Gasteiger partial charge in [-0.15, -0.1) is 6.58 Å². The molecule has 1 unspecified atom stereocenters. The van der Waals surface area contributed by atoms with Crippen molar-refractivity contribution in [2.24, 2.45) is 0 Å². The first-order chi connectivity index (χ1) is 14.5. The minimum Gasteiger partial charge on any atom is -0.375 e. The molecule has 0 radical (unpaired) electrons. The Morgan fingerprint density at radius 1 is 0.833 bits per heavy atom. The summed E-state index contributed by atoms with van der Waals surface area (Å²) in [7, 11) is 0. The number of benzene rings is 3. The van der Waals surface area contributed by atoms with Gasteiger partial charge in [-0.3, -0.25) is 0 Å². The largest absolute Gasteiger partial charge is 0.375 e. The van der Waals surface area contributed by atoms with Crippen LogP contribution >= 0.6 is 0 Å². The van der Waals surface area contributed by atoms with Crippen LogP contribution in [0.5, 0.6) is 0 Å². The lowest BCUT2D eigenvalue weighted by atomic mass is 9.81. The van der Waals surface area contributed by atoms with E-state index in [0.29, 0.717) is 0 Å². The van der Waals surface area contributed by atoms with Gasteiger partial charge in [-0.1, -0.05) is 98.8 Å². The topological polar surface area (TPSA) is 12.0 Å². The molecule has 0 aromatic heterocycles. The molecule has 0 saturated heterocycles. The SMILES string of the molecule is C=CC(/C=C1\C(=C/C)c2ccccc2C1(C)C)Nc1ccc(-c2ccccc2)cc1. The molecule has 1 aliphatic carbocycles. The Hall–Kier alpha value is -3.32. The van der Waals surface area contributed by atoms with Gasteiger partial charge in [-0.2, -0.15) is 0 Å². The van der Waals surface area contributed by atoms with Gasteiger partial charge >= 0.3 is 0 Å². The van der Waals surface area contributed by atoms with E-state index in [0.717, 1.165) is 5.69 Å². The summed E-state index contributed by atoms with van der Waals surface area (Å²) in [6.07, 6.45) is 6.53. The molecule has 0 spiro atoms. The third-order valence-electron chi connectivity index (χ3n) is 6.07. The Bertz CT molecular complexity index is 1100. The Morgan fingerprint density at radius 2 is 1.47 bits per heavy atom. The molecule has 1 nitrogen and oxygen atoms in total. The molecule has 0 amide bonds. The van der Waals surface area contributed by atoms with Crippen molar-refractivity contribution < 1.29 is 0 Å². The molecule has 1 N–H and O–H groups in total. The second-order valence-electron chi connectivity index (χ2n) is 8.30. The first kappa shape index (κ1) is 20.0. The third kappa shape index (κ3) is 3.64. The summed E-state index contributed by atoms with van der Waals surface area (Å²) < 4.78 is 0. The van der Waals surface area contributed by atoms with E-state index in [1.165, 1.54) is 33.4 Å². The summed E-state index contributed by atoms with van der Waals surface area (Å²) in [4.78, 5) is 0. The molecule has 1 aliphatic rings. The van der Waals surface area contributed by atoms with Gasteiger partial charge < -0.3 is 5.32 Å². The van der Waals surface area contributed by atoms with Gasteiger partial charge in [-0.25, -0.2) is 0 Å². The fourth-order valence-electron chi connectivity index (χ4n) is 4.43. The van der Waals surface area contributed by atoms with E-state index in [2.05, 4.69) is 118 Å². The van der Waals surface area contributed by atoms with Gasteiger partial charge in [0.15, 0.2) is 0 Å². The average molecular weight is 392 g/mol. The molecule has 0 heterocycles. The van der Waals surface area contributed by atoms with E-state index in [9.17, 15) is 0 Å². The highest BCUT2D eigenvalue weighted by Crippen LogP contribution is 2.49. The fourth-order valence-corrected chi connectivity index (χ4v) is 4.43. The van der Waals surface area contributed by atoms with E-state index >= 15 is 0 Å². The standard InChI is InChI=1S/C29H29N/c1-5-23(30-24-18-16-22(17-19-24)21-12-8-7-9-13-21)20-28-25(6-2)26-14-10-11-15-27(26)29(28,3)4/h5-20,23,30H,1H2,2-4H3/b25-6-,28-20+. The van der Waals surface area contributed by atoms with Crippen molar-refractivity contribution in [3.63, 3.8) is 0 Å². The molecule has 150 valence electrons. The van der Waals surface area contributed by atoms with Crippen molar-refractivity contribution in [3.05, 3.63) is 120 Å². The van der Waals surface area contributed by atoms with Crippen LogP contribution in [0.1, 0.15) is 31.9 Å². The lowest BCUT2D eigenvalue weighted by Gasteiger charge is -2.24. The zero-order valence-electron chi connectivity index (χ0n) is 18.0. The highest BCUT2D eigenvalue weighted by atomic mass is 14.9. The van der Waals surface area contributed by atoms with Crippen molar-refractivity contribution in [1.82, 2.24) is 0 Å². The maximum atomic E-state index is 4.09. The van der Waals surface area contributed by atoms with Crippen LogP contribution in [0.3, 0.4) is 0 Å². The van der Waals surface area contributed by atoms with Crippen LogP contribution < -0.4 is 5.32 Å². The van der Waals surface area contributed by atoms with E-state index in [1.54, 1.807) is 0 Å². The van der Waals surface area contributed by atoms with Crippen molar-refractivity contribution in [2.75, 3.05) is 5.32 Å². The number of hydrogen-bond acceptors (Lipinski definition) is 1. The summed E-state index contributed by atoms with van der Waals surface area (Å²) in [6, 6.07) is 27.9. The predicted molar refractivity (Wildman–Crippen MR) is 131 cm³/mol. The Morgan fingerprint density at radius 3 is 2.13 bits per heavy atom. The van der Waals surface area contributed by atoms with Gasteiger partial charge in [0, 0.05) is 11.1 Å². The summed E-state index contributed by atoms with van der Waals surface area (Å²) >= 11 is 0. The average Bonchev–Trinajstić information content (AvgIpc) is 3.00. The maximum absolute atomic E-state index is 4.09. The zero-order valence-corrected chi connectivity index (χ0v) is 18.0. The number of anilines is 1. The Labute approximate surface area is 180 Å². The summed E-state index contributed by atoms with van der Waals surface area (Å²) in [5.41, 5.74) is 8.91. The normalized spacial score (nSPS) is 18.2. The zero-order chi connectivity index (χ0) is 21.1. The first-order valence-corrected chi connectivity index (χ1v) is 10.6. The van der Waals surface area contributed by atoms with Crippen LogP contribution in [-0.2, 0) is 5.41 Å². The molecule has 3 aromatic rings. The van der Waals surface area contributed by atoms with Crippen molar-refractivity contribution in [3.8, 4) is 11.1 Å². The van der Waals surface area contributed by atoms with Crippen molar-refractivity contribution in [1.29, 1.82) is 0 Å². The lowest BCUT2D eigenvalue weighted by molar-refractivity contribution is 0.657. The van der Waals surface area contributed by atoms with Crippen molar-refractivity contribution >= 4 is 11.3 Å². The molecule has 0 saturated carbocycles. The van der Waals surface area contributed by atoms with E-state index in [-0.39, 0.29) is 11.5 Å². The number of rotatable bonds is 5.